The Labute approximate surface area is 233 Å². The predicted octanol–water partition coefficient (Wildman–Crippen LogP) is 0.628. The zero-order chi connectivity index (χ0) is 29.1. The van der Waals surface area contributed by atoms with Gasteiger partial charge in [-0.15, -0.1) is 0 Å². The predicted molar refractivity (Wildman–Crippen MR) is 139 cm³/mol. The van der Waals surface area contributed by atoms with Crippen molar-refractivity contribution in [2.45, 2.75) is 42.5 Å². The Kier molecular flexibility index (Phi) is 6.59. The summed E-state index contributed by atoms with van der Waals surface area (Å²) in [5, 5.41) is 62.5. The second-order valence-electron chi connectivity index (χ2n) is 10.2. The van der Waals surface area contributed by atoms with Crippen LogP contribution in [0, 0.1) is 0 Å². The summed E-state index contributed by atoms with van der Waals surface area (Å²) < 4.78 is 17.4. The van der Waals surface area contributed by atoms with Crippen LogP contribution in [0.15, 0.2) is 54.6 Å². The van der Waals surface area contributed by atoms with Crippen molar-refractivity contribution >= 4 is 11.9 Å². The second-order valence-corrected chi connectivity index (χ2v) is 10.2. The smallest absolute Gasteiger partial charge is 0.340 e. The number of benzene rings is 3. The molecule has 7 N–H and O–H groups in total. The summed E-state index contributed by atoms with van der Waals surface area (Å²) in [6.07, 6.45) is -6.31. The Bertz CT molecular complexity index is 1490. The molecule has 3 aromatic carbocycles. The summed E-state index contributed by atoms with van der Waals surface area (Å²) in [5.74, 6) is -0.888. The van der Waals surface area contributed by atoms with Crippen molar-refractivity contribution in [1.82, 2.24) is 5.32 Å². The van der Waals surface area contributed by atoms with Gasteiger partial charge in [-0.3, -0.25) is 4.79 Å². The Morgan fingerprint density at radius 1 is 0.829 bits per heavy atom. The third kappa shape index (κ3) is 4.28. The van der Waals surface area contributed by atoms with Crippen LogP contribution in [0.5, 0.6) is 23.0 Å². The number of rotatable bonds is 5. The maximum absolute atomic E-state index is 13.2. The number of aromatic hydroxyl groups is 2. The summed E-state index contributed by atoms with van der Waals surface area (Å²) in [4.78, 5) is 26.3. The van der Waals surface area contributed by atoms with Crippen LogP contribution in [0.25, 0.3) is 0 Å². The number of amides is 1. The third-order valence-corrected chi connectivity index (χ3v) is 7.74. The lowest BCUT2D eigenvalue weighted by Gasteiger charge is -2.40. The van der Waals surface area contributed by atoms with Crippen LogP contribution in [0.1, 0.15) is 43.8 Å². The van der Waals surface area contributed by atoms with E-state index in [2.05, 4.69) is 5.32 Å². The topological polar surface area (TPSA) is 195 Å². The van der Waals surface area contributed by atoms with Gasteiger partial charge in [-0.05, 0) is 48.9 Å². The van der Waals surface area contributed by atoms with Gasteiger partial charge in [0, 0.05) is 40.9 Å². The van der Waals surface area contributed by atoms with Gasteiger partial charge in [-0.1, -0.05) is 0 Å². The molecule has 1 fully saturated rings. The molecular formula is C29H27NO11. The average molecular weight is 566 g/mol. The second kappa shape index (κ2) is 10.0. The lowest BCUT2D eigenvalue weighted by Crippen LogP contribution is -2.58. The standard InChI is InChI=1S/C29H27NO11/c31-12-23-25(35)26(36)24(34)20(39-23)7-8-30-27(37)13-1-4-16-19(9-13)29(41-28(16)38)17-5-2-14(32)10-21(17)40-22-11-15(33)3-6-18(22)29/h1-6,9-11,20,23-26,31-36H,7-8,12H2,(H,30,37)/t20-,23-,24+,25-,26-/m1/s1. The number of fused-ring (bicyclic) bond motifs is 6. The Morgan fingerprint density at radius 2 is 1.46 bits per heavy atom. The minimum absolute atomic E-state index is 0.0250. The minimum atomic E-state index is -1.52. The Hall–Kier alpha value is -4.20. The fraction of sp³-hybridized carbons (Fsp3) is 0.310. The SMILES string of the molecule is O=C(NCC[C@H]1O[C@H](CO)[C@@H](O)[C@H](O)[C@H]1O)c1ccc2c(c1)C1(OC2=O)c2ccc(O)cc2Oc2cc(O)ccc21. The number of esters is 1. The quantitative estimate of drug-likeness (QED) is 0.214. The van der Waals surface area contributed by atoms with Crippen molar-refractivity contribution in [3.8, 4) is 23.0 Å². The summed E-state index contributed by atoms with van der Waals surface area (Å²) in [6, 6.07) is 13.2. The van der Waals surface area contributed by atoms with E-state index in [0.717, 1.165) is 0 Å². The molecule has 3 aliphatic heterocycles. The van der Waals surface area contributed by atoms with Crippen LogP contribution in [-0.4, -0.2) is 86.2 Å². The van der Waals surface area contributed by atoms with Gasteiger partial charge in [-0.2, -0.15) is 0 Å². The molecule has 3 aromatic rings. The number of phenols is 2. The highest BCUT2D eigenvalue weighted by Crippen LogP contribution is 2.57. The molecule has 1 amide bonds. The van der Waals surface area contributed by atoms with Crippen LogP contribution in [-0.2, 0) is 15.1 Å². The molecule has 5 atom stereocenters. The molecule has 0 saturated carbocycles. The molecule has 6 rings (SSSR count). The molecule has 0 aromatic heterocycles. The van der Waals surface area contributed by atoms with Crippen LogP contribution >= 0.6 is 0 Å². The number of carbonyl (C=O) groups excluding carboxylic acids is 2. The van der Waals surface area contributed by atoms with E-state index in [1.807, 2.05) is 0 Å². The summed E-state index contributed by atoms with van der Waals surface area (Å²) in [7, 11) is 0. The number of aliphatic hydroxyl groups excluding tert-OH is 4. The van der Waals surface area contributed by atoms with E-state index < -0.39 is 54.6 Å². The zero-order valence-corrected chi connectivity index (χ0v) is 21.4. The van der Waals surface area contributed by atoms with Crippen molar-refractivity contribution in [3.63, 3.8) is 0 Å². The highest BCUT2D eigenvalue weighted by Gasteiger charge is 2.54. The highest BCUT2D eigenvalue weighted by molar-refractivity contribution is 6.00. The van der Waals surface area contributed by atoms with Crippen molar-refractivity contribution < 1.29 is 54.4 Å². The molecule has 12 nitrogen and oxygen atoms in total. The van der Waals surface area contributed by atoms with Crippen LogP contribution in [0.3, 0.4) is 0 Å². The van der Waals surface area contributed by atoms with E-state index in [1.54, 1.807) is 12.1 Å². The van der Waals surface area contributed by atoms with Gasteiger partial charge in [0.15, 0.2) is 5.60 Å². The lowest BCUT2D eigenvalue weighted by atomic mass is 9.77. The van der Waals surface area contributed by atoms with Crippen LogP contribution in [0.4, 0.5) is 0 Å². The number of carbonyl (C=O) groups is 2. The average Bonchev–Trinajstić information content (AvgIpc) is 3.24. The van der Waals surface area contributed by atoms with Gasteiger partial charge in [0.25, 0.3) is 5.91 Å². The van der Waals surface area contributed by atoms with Crippen molar-refractivity contribution in [2.24, 2.45) is 0 Å². The summed E-state index contributed by atoms with van der Waals surface area (Å²) in [6.45, 7) is -0.529. The van der Waals surface area contributed by atoms with Gasteiger partial charge < -0.3 is 50.2 Å². The summed E-state index contributed by atoms with van der Waals surface area (Å²) in [5.41, 5.74) is 0.0987. The van der Waals surface area contributed by atoms with E-state index in [4.69, 9.17) is 14.2 Å². The van der Waals surface area contributed by atoms with Crippen LogP contribution in [0.2, 0.25) is 0 Å². The van der Waals surface area contributed by atoms with Gasteiger partial charge in [0.1, 0.15) is 47.4 Å². The third-order valence-electron chi connectivity index (χ3n) is 7.74. The maximum Gasteiger partial charge on any atom is 0.340 e. The molecule has 41 heavy (non-hydrogen) atoms. The number of nitrogens with one attached hydrogen (secondary N) is 1. The first-order valence-corrected chi connectivity index (χ1v) is 13.0. The molecule has 3 aliphatic rings. The molecule has 3 heterocycles. The van der Waals surface area contributed by atoms with Crippen molar-refractivity contribution in [2.75, 3.05) is 13.2 Å². The van der Waals surface area contributed by atoms with E-state index in [0.29, 0.717) is 16.7 Å². The maximum atomic E-state index is 13.2. The monoisotopic (exact) mass is 565 g/mol. The fourth-order valence-electron chi connectivity index (χ4n) is 5.69. The summed E-state index contributed by atoms with van der Waals surface area (Å²) >= 11 is 0. The number of hydrogen-bond acceptors (Lipinski definition) is 11. The first-order chi connectivity index (χ1) is 19.6. The van der Waals surface area contributed by atoms with Gasteiger partial charge in [-0.25, -0.2) is 4.79 Å². The number of aliphatic hydroxyl groups is 4. The van der Waals surface area contributed by atoms with E-state index in [9.17, 15) is 40.2 Å². The van der Waals surface area contributed by atoms with Gasteiger partial charge in [0.05, 0.1) is 18.3 Å². The van der Waals surface area contributed by atoms with Gasteiger partial charge in [0.2, 0.25) is 0 Å². The fourth-order valence-corrected chi connectivity index (χ4v) is 5.69. The minimum Gasteiger partial charge on any atom is -0.508 e. The Balaban J connectivity index is 1.30. The molecule has 214 valence electrons. The highest BCUT2D eigenvalue weighted by atomic mass is 16.6. The molecule has 1 saturated heterocycles. The van der Waals surface area contributed by atoms with E-state index in [-0.39, 0.29) is 47.1 Å². The largest absolute Gasteiger partial charge is 0.508 e. The van der Waals surface area contributed by atoms with E-state index >= 15 is 0 Å². The number of phenolic OH excluding ortho intramolecular Hbond substituents is 2. The first-order valence-electron chi connectivity index (χ1n) is 13.0. The zero-order valence-electron chi connectivity index (χ0n) is 21.4. The molecule has 0 unspecified atom stereocenters. The molecule has 0 aliphatic carbocycles. The van der Waals surface area contributed by atoms with E-state index in [1.165, 1.54) is 42.5 Å². The normalized spacial score (nSPS) is 25.5. The van der Waals surface area contributed by atoms with Crippen molar-refractivity contribution in [1.29, 1.82) is 0 Å². The molecule has 12 heteroatoms. The molecule has 0 radical (unpaired) electrons. The van der Waals surface area contributed by atoms with Crippen LogP contribution < -0.4 is 10.1 Å². The van der Waals surface area contributed by atoms with Crippen molar-refractivity contribution in [3.05, 3.63) is 82.4 Å². The molecule has 1 spiro atoms. The number of hydrogen-bond donors (Lipinski definition) is 7. The number of ether oxygens (including phenoxy) is 3. The Morgan fingerprint density at radius 3 is 2.10 bits per heavy atom. The molecular weight excluding hydrogens is 538 g/mol. The molecule has 0 bridgehead atoms. The van der Waals surface area contributed by atoms with Gasteiger partial charge >= 0.3 is 5.97 Å². The lowest BCUT2D eigenvalue weighted by molar-refractivity contribution is -0.229. The first kappa shape index (κ1) is 27.0.